The van der Waals surface area contributed by atoms with Gasteiger partial charge in [0.25, 0.3) is 5.89 Å². The van der Waals surface area contributed by atoms with E-state index in [1.54, 1.807) is 42.3 Å². The zero-order valence-electron chi connectivity index (χ0n) is 15.2. The van der Waals surface area contributed by atoms with E-state index >= 15 is 0 Å². The maximum absolute atomic E-state index is 12.1. The third-order valence-electron chi connectivity index (χ3n) is 3.99. The van der Waals surface area contributed by atoms with Gasteiger partial charge < -0.3 is 14.2 Å². The summed E-state index contributed by atoms with van der Waals surface area (Å²) >= 11 is 7.42. The normalized spacial score (nSPS) is 10.8. The van der Waals surface area contributed by atoms with Crippen molar-refractivity contribution >= 4 is 35.0 Å². The van der Waals surface area contributed by atoms with Crippen LogP contribution in [0.4, 0.5) is 5.69 Å². The van der Waals surface area contributed by atoms with Gasteiger partial charge in [-0.3, -0.25) is 4.79 Å². The standard InChI is InChI=1S/C21H16ClN3O3S/c22-16-7-3-14(4-8-16)12-29-13-19(26)23-17-9-5-15(6-10-17)20-24-25-21(28-20)18-2-1-11-27-18/h1-11H,12-13H2,(H,23,26). The molecule has 6 nitrogen and oxygen atoms in total. The molecule has 2 aromatic heterocycles. The number of hydrogen-bond acceptors (Lipinski definition) is 6. The Morgan fingerprint density at radius 2 is 1.76 bits per heavy atom. The van der Waals surface area contributed by atoms with Gasteiger partial charge in [-0.25, -0.2) is 0 Å². The van der Waals surface area contributed by atoms with E-state index in [2.05, 4.69) is 15.5 Å². The van der Waals surface area contributed by atoms with Crippen LogP contribution >= 0.6 is 23.4 Å². The SMILES string of the molecule is O=C(CSCc1ccc(Cl)cc1)Nc1ccc(-c2nnc(-c3ccco3)o2)cc1. The smallest absolute Gasteiger partial charge is 0.283 e. The molecule has 0 atom stereocenters. The first-order valence-corrected chi connectivity index (χ1v) is 10.3. The number of thioether (sulfide) groups is 1. The van der Waals surface area contributed by atoms with Crippen molar-refractivity contribution in [3.63, 3.8) is 0 Å². The first-order valence-electron chi connectivity index (χ1n) is 8.77. The highest BCUT2D eigenvalue weighted by molar-refractivity contribution is 7.99. The molecule has 4 rings (SSSR count). The average Bonchev–Trinajstić information content (AvgIpc) is 3.42. The third kappa shape index (κ3) is 5.07. The minimum atomic E-state index is -0.0605. The molecule has 8 heteroatoms. The Balaban J connectivity index is 1.30. The second-order valence-electron chi connectivity index (χ2n) is 6.13. The molecule has 1 N–H and O–H groups in total. The Hall–Kier alpha value is -3.03. The van der Waals surface area contributed by atoms with Crippen LogP contribution in [0.5, 0.6) is 0 Å². The van der Waals surface area contributed by atoms with Crippen molar-refractivity contribution < 1.29 is 13.6 Å². The number of hydrogen-bond donors (Lipinski definition) is 1. The summed E-state index contributed by atoms with van der Waals surface area (Å²) < 4.78 is 10.9. The summed E-state index contributed by atoms with van der Waals surface area (Å²) in [5, 5.41) is 11.6. The maximum Gasteiger partial charge on any atom is 0.283 e. The van der Waals surface area contributed by atoms with Crippen molar-refractivity contribution in [2.45, 2.75) is 5.75 Å². The molecule has 0 bridgehead atoms. The van der Waals surface area contributed by atoms with Gasteiger partial charge in [0.1, 0.15) is 0 Å². The molecule has 146 valence electrons. The molecular formula is C21H16ClN3O3S. The van der Waals surface area contributed by atoms with E-state index in [0.717, 1.165) is 16.9 Å². The van der Waals surface area contributed by atoms with Crippen molar-refractivity contribution in [1.29, 1.82) is 0 Å². The lowest BCUT2D eigenvalue weighted by Crippen LogP contribution is -2.14. The van der Waals surface area contributed by atoms with Gasteiger partial charge in [0, 0.05) is 22.0 Å². The highest BCUT2D eigenvalue weighted by Crippen LogP contribution is 2.25. The summed E-state index contributed by atoms with van der Waals surface area (Å²) in [4.78, 5) is 12.1. The number of nitrogens with one attached hydrogen (secondary N) is 1. The summed E-state index contributed by atoms with van der Waals surface area (Å²) in [5.41, 5.74) is 2.59. The lowest BCUT2D eigenvalue weighted by molar-refractivity contribution is -0.113. The predicted molar refractivity (Wildman–Crippen MR) is 114 cm³/mol. The summed E-state index contributed by atoms with van der Waals surface area (Å²) in [7, 11) is 0. The molecule has 0 aliphatic rings. The summed E-state index contributed by atoms with van der Waals surface area (Å²) in [5.74, 6) is 2.27. The van der Waals surface area contributed by atoms with Crippen molar-refractivity contribution in [3.8, 4) is 23.1 Å². The molecule has 0 fully saturated rings. The van der Waals surface area contributed by atoms with Crippen LogP contribution in [0.25, 0.3) is 23.1 Å². The van der Waals surface area contributed by atoms with Gasteiger partial charge in [-0.05, 0) is 54.1 Å². The first-order chi connectivity index (χ1) is 14.2. The van der Waals surface area contributed by atoms with Crippen molar-refractivity contribution in [2.24, 2.45) is 0 Å². The van der Waals surface area contributed by atoms with E-state index in [0.29, 0.717) is 34.0 Å². The number of furan rings is 1. The number of rotatable bonds is 7. The van der Waals surface area contributed by atoms with Crippen molar-refractivity contribution in [1.82, 2.24) is 10.2 Å². The number of halogens is 1. The lowest BCUT2D eigenvalue weighted by Gasteiger charge is -2.06. The molecule has 29 heavy (non-hydrogen) atoms. The third-order valence-corrected chi connectivity index (χ3v) is 5.24. The topological polar surface area (TPSA) is 81.2 Å². The van der Waals surface area contributed by atoms with Crippen LogP contribution in [0.1, 0.15) is 5.56 Å². The molecular weight excluding hydrogens is 410 g/mol. The van der Waals surface area contributed by atoms with E-state index in [4.69, 9.17) is 20.4 Å². The number of amides is 1. The predicted octanol–water partition coefficient (Wildman–Crippen LogP) is 5.52. The fourth-order valence-corrected chi connectivity index (χ4v) is 3.49. The van der Waals surface area contributed by atoms with E-state index < -0.39 is 0 Å². The van der Waals surface area contributed by atoms with Crippen LogP contribution in [0.3, 0.4) is 0 Å². The minimum absolute atomic E-state index is 0.0605. The molecule has 0 aliphatic heterocycles. The molecule has 0 saturated carbocycles. The Bertz CT molecular complexity index is 1080. The largest absolute Gasteiger partial charge is 0.459 e. The molecule has 0 unspecified atom stereocenters. The first kappa shape index (κ1) is 19.3. The molecule has 2 heterocycles. The zero-order valence-corrected chi connectivity index (χ0v) is 16.7. The van der Waals surface area contributed by atoms with Crippen molar-refractivity contribution in [3.05, 3.63) is 77.5 Å². The van der Waals surface area contributed by atoms with Crippen LogP contribution in [-0.2, 0) is 10.5 Å². The molecule has 4 aromatic rings. The number of anilines is 1. The molecule has 0 saturated heterocycles. The summed E-state index contributed by atoms with van der Waals surface area (Å²) in [6.07, 6.45) is 1.55. The lowest BCUT2D eigenvalue weighted by atomic mass is 10.2. The molecule has 1 amide bonds. The van der Waals surface area contributed by atoms with Gasteiger partial charge >= 0.3 is 0 Å². The number of carbonyl (C=O) groups excluding carboxylic acids is 1. The summed E-state index contributed by atoms with van der Waals surface area (Å²) in [6.45, 7) is 0. The van der Waals surface area contributed by atoms with Gasteiger partial charge in [-0.2, -0.15) is 0 Å². The number of benzene rings is 2. The van der Waals surface area contributed by atoms with Crippen LogP contribution in [0, 0.1) is 0 Å². The summed E-state index contributed by atoms with van der Waals surface area (Å²) in [6, 6.07) is 18.3. The Morgan fingerprint density at radius 1 is 1.00 bits per heavy atom. The van der Waals surface area contributed by atoms with Crippen LogP contribution in [-0.4, -0.2) is 21.9 Å². The Labute approximate surface area is 176 Å². The van der Waals surface area contributed by atoms with Gasteiger partial charge in [0.15, 0.2) is 5.76 Å². The van der Waals surface area contributed by atoms with Crippen LogP contribution < -0.4 is 5.32 Å². The van der Waals surface area contributed by atoms with Crippen molar-refractivity contribution in [2.75, 3.05) is 11.1 Å². The second kappa shape index (κ2) is 8.98. The monoisotopic (exact) mass is 425 g/mol. The molecule has 0 aliphatic carbocycles. The van der Waals surface area contributed by atoms with E-state index in [-0.39, 0.29) is 5.91 Å². The Morgan fingerprint density at radius 3 is 2.48 bits per heavy atom. The maximum atomic E-state index is 12.1. The fraction of sp³-hybridized carbons (Fsp3) is 0.0952. The van der Waals surface area contributed by atoms with E-state index in [1.807, 2.05) is 36.4 Å². The molecule has 0 radical (unpaired) electrons. The zero-order chi connectivity index (χ0) is 20.1. The second-order valence-corrected chi connectivity index (χ2v) is 7.56. The van der Waals surface area contributed by atoms with Gasteiger partial charge in [0.05, 0.1) is 12.0 Å². The number of nitrogens with zero attached hydrogens (tertiary/aromatic N) is 2. The quantitative estimate of drug-likeness (QED) is 0.419. The fourth-order valence-electron chi connectivity index (χ4n) is 2.58. The van der Waals surface area contributed by atoms with E-state index in [1.165, 1.54) is 0 Å². The van der Waals surface area contributed by atoms with Crippen LogP contribution in [0.2, 0.25) is 5.02 Å². The Kier molecular flexibility index (Phi) is 5.97. The van der Waals surface area contributed by atoms with Gasteiger partial charge in [-0.1, -0.05) is 23.7 Å². The van der Waals surface area contributed by atoms with Gasteiger partial charge in [-0.15, -0.1) is 22.0 Å². The highest BCUT2D eigenvalue weighted by atomic mass is 35.5. The highest BCUT2D eigenvalue weighted by Gasteiger charge is 2.12. The average molecular weight is 426 g/mol. The van der Waals surface area contributed by atoms with Gasteiger partial charge in [0.2, 0.25) is 11.8 Å². The van der Waals surface area contributed by atoms with Crippen LogP contribution in [0.15, 0.2) is 75.8 Å². The number of aromatic nitrogens is 2. The molecule has 2 aromatic carbocycles. The van der Waals surface area contributed by atoms with E-state index in [9.17, 15) is 4.79 Å². The minimum Gasteiger partial charge on any atom is -0.459 e. The number of carbonyl (C=O) groups is 1. The molecule has 0 spiro atoms.